The Balaban J connectivity index is 2.00. The van der Waals surface area contributed by atoms with E-state index in [-0.39, 0.29) is 29.8 Å². The molecule has 0 bridgehead atoms. The smallest absolute Gasteiger partial charge is 0.386 e. The largest absolute Gasteiger partial charge is 0.407 e. The van der Waals surface area contributed by atoms with Crippen molar-refractivity contribution in [1.82, 2.24) is 4.72 Å². The van der Waals surface area contributed by atoms with E-state index >= 15 is 0 Å². The molecule has 31 heavy (non-hydrogen) atoms. The maximum Gasteiger partial charge on any atom is 0.407 e. The number of nitrogens with one attached hydrogen (secondary N) is 1. The Morgan fingerprint density at radius 2 is 1.68 bits per heavy atom. The van der Waals surface area contributed by atoms with Gasteiger partial charge in [0, 0.05) is 11.1 Å². The minimum absolute atomic E-state index is 0.0614. The Labute approximate surface area is 177 Å². The quantitative estimate of drug-likeness (QED) is 0.676. The number of hydrogen-bond donors (Lipinski definition) is 2. The molecule has 6 nitrogen and oxygen atoms in total. The molecule has 0 amide bonds. The Hall–Kier alpha value is -2.79. The lowest BCUT2D eigenvalue weighted by molar-refractivity contribution is -0.180. The molecule has 2 aromatic carbocycles. The zero-order valence-corrected chi connectivity index (χ0v) is 17.5. The molecule has 1 heterocycles. The van der Waals surface area contributed by atoms with Gasteiger partial charge in [0.2, 0.25) is 10.0 Å². The van der Waals surface area contributed by atoms with E-state index in [1.165, 1.54) is 36.4 Å². The van der Waals surface area contributed by atoms with Crippen LogP contribution in [0.2, 0.25) is 0 Å². The summed E-state index contributed by atoms with van der Waals surface area (Å²) in [5, 5.41) is 0. The summed E-state index contributed by atoms with van der Waals surface area (Å²) in [6.45, 7) is 1.71. The number of amidine groups is 1. The molecule has 0 spiro atoms. The number of sulfonamides is 1. The number of halogens is 4. The molecule has 0 saturated heterocycles. The second-order valence-electron chi connectivity index (χ2n) is 7.49. The predicted molar refractivity (Wildman–Crippen MR) is 110 cm³/mol. The molecule has 0 atom stereocenters. The highest BCUT2D eigenvalue weighted by Gasteiger charge is 2.50. The Morgan fingerprint density at radius 1 is 1.00 bits per heavy atom. The SMILES string of the molecule is CC(C)(NS(=O)(=O)c1ccccc1-c1ccc(C2=NCC(N)=NC2)c(F)c1)C(F)(F)F. The minimum Gasteiger partial charge on any atom is -0.386 e. The lowest BCUT2D eigenvalue weighted by Gasteiger charge is -2.29. The van der Waals surface area contributed by atoms with Crippen LogP contribution in [0.15, 0.2) is 57.3 Å². The molecule has 11 heteroatoms. The molecule has 0 fully saturated rings. The van der Waals surface area contributed by atoms with Crippen molar-refractivity contribution in [2.75, 3.05) is 13.1 Å². The number of aliphatic imine (C=N–C) groups is 2. The van der Waals surface area contributed by atoms with Gasteiger partial charge in [-0.1, -0.05) is 24.3 Å². The van der Waals surface area contributed by atoms with E-state index in [2.05, 4.69) is 9.98 Å². The summed E-state index contributed by atoms with van der Waals surface area (Å²) < 4.78 is 81.6. The summed E-state index contributed by atoms with van der Waals surface area (Å²) in [6, 6.07) is 9.47. The fourth-order valence-corrected chi connectivity index (χ4v) is 4.56. The Morgan fingerprint density at radius 3 is 2.26 bits per heavy atom. The number of nitrogens with two attached hydrogens (primary N) is 1. The maximum absolute atomic E-state index is 14.8. The zero-order valence-electron chi connectivity index (χ0n) is 16.7. The van der Waals surface area contributed by atoms with Gasteiger partial charge in [0.15, 0.2) is 0 Å². The number of benzene rings is 2. The van der Waals surface area contributed by atoms with Gasteiger partial charge < -0.3 is 5.73 Å². The summed E-state index contributed by atoms with van der Waals surface area (Å²) in [5.41, 5.74) is 3.69. The molecule has 2 aromatic rings. The molecule has 166 valence electrons. The highest BCUT2D eigenvalue weighted by Crippen LogP contribution is 2.34. The molecular weight excluding hydrogens is 436 g/mol. The average molecular weight is 456 g/mol. The summed E-state index contributed by atoms with van der Waals surface area (Å²) >= 11 is 0. The van der Waals surface area contributed by atoms with E-state index in [9.17, 15) is 26.0 Å². The van der Waals surface area contributed by atoms with Crippen molar-refractivity contribution in [1.29, 1.82) is 0 Å². The van der Waals surface area contributed by atoms with E-state index in [0.717, 1.165) is 19.9 Å². The fourth-order valence-electron chi connectivity index (χ4n) is 2.93. The van der Waals surface area contributed by atoms with Gasteiger partial charge in [-0.2, -0.15) is 17.9 Å². The summed E-state index contributed by atoms with van der Waals surface area (Å²) in [6.07, 6.45) is -4.81. The van der Waals surface area contributed by atoms with Crippen molar-refractivity contribution < 1.29 is 26.0 Å². The lowest BCUT2D eigenvalue weighted by atomic mass is 10.0. The van der Waals surface area contributed by atoms with Crippen LogP contribution in [0.4, 0.5) is 17.6 Å². The molecule has 0 unspecified atom stereocenters. The third-order valence-electron chi connectivity index (χ3n) is 4.73. The van der Waals surface area contributed by atoms with E-state index in [1.807, 2.05) is 0 Å². The van der Waals surface area contributed by atoms with Crippen LogP contribution in [-0.4, -0.2) is 44.8 Å². The molecule has 1 aliphatic heterocycles. The normalized spacial score (nSPS) is 15.4. The van der Waals surface area contributed by atoms with Crippen molar-refractivity contribution >= 4 is 21.6 Å². The Bertz CT molecular complexity index is 1170. The first-order chi connectivity index (χ1) is 14.3. The summed E-state index contributed by atoms with van der Waals surface area (Å²) in [5.74, 6) is -0.322. The third-order valence-corrected chi connectivity index (χ3v) is 6.44. The predicted octanol–water partition coefficient (Wildman–Crippen LogP) is 3.27. The monoisotopic (exact) mass is 456 g/mol. The van der Waals surface area contributed by atoms with Crippen LogP contribution in [0.1, 0.15) is 19.4 Å². The molecule has 0 saturated carbocycles. The standard InChI is InChI=1S/C20H20F4N4O2S/c1-19(2,20(22,23)24)28-31(29,30)17-6-4-3-5-13(17)12-7-8-14(15(21)9-12)16-10-27-18(25)11-26-16/h3-9,28H,10-11H2,1-2H3,(H2,25,27). The Kier molecular flexibility index (Phi) is 5.94. The van der Waals surface area contributed by atoms with E-state index in [4.69, 9.17) is 5.73 Å². The first-order valence-corrected chi connectivity index (χ1v) is 10.6. The van der Waals surface area contributed by atoms with Crippen molar-refractivity contribution in [3.63, 3.8) is 0 Å². The van der Waals surface area contributed by atoms with Crippen LogP contribution in [0.25, 0.3) is 11.1 Å². The van der Waals surface area contributed by atoms with Crippen LogP contribution in [-0.2, 0) is 10.0 Å². The topological polar surface area (TPSA) is 96.9 Å². The molecule has 3 rings (SSSR count). The van der Waals surface area contributed by atoms with Crippen LogP contribution in [0.3, 0.4) is 0 Å². The third kappa shape index (κ3) is 4.77. The van der Waals surface area contributed by atoms with Crippen molar-refractivity contribution in [2.45, 2.75) is 30.5 Å². The zero-order chi connectivity index (χ0) is 23.0. The number of rotatable bonds is 5. The number of alkyl halides is 3. The van der Waals surface area contributed by atoms with Crippen LogP contribution >= 0.6 is 0 Å². The van der Waals surface area contributed by atoms with Gasteiger partial charge in [0.25, 0.3) is 0 Å². The maximum atomic E-state index is 14.8. The van der Waals surface area contributed by atoms with Gasteiger partial charge in [0.05, 0.1) is 23.7 Å². The first kappa shape index (κ1) is 22.9. The molecule has 0 aliphatic carbocycles. The fraction of sp³-hybridized carbons (Fsp3) is 0.300. The minimum atomic E-state index is -4.81. The second kappa shape index (κ2) is 8.04. The van der Waals surface area contributed by atoms with Gasteiger partial charge in [-0.05, 0) is 37.6 Å². The van der Waals surface area contributed by atoms with E-state index in [1.54, 1.807) is 4.72 Å². The van der Waals surface area contributed by atoms with Crippen LogP contribution in [0.5, 0.6) is 0 Å². The van der Waals surface area contributed by atoms with Crippen LogP contribution < -0.4 is 10.5 Å². The second-order valence-corrected chi connectivity index (χ2v) is 9.14. The van der Waals surface area contributed by atoms with E-state index < -0.39 is 32.5 Å². The molecule has 3 N–H and O–H groups in total. The van der Waals surface area contributed by atoms with Gasteiger partial charge in [-0.15, -0.1) is 0 Å². The van der Waals surface area contributed by atoms with Gasteiger partial charge in [0.1, 0.15) is 17.2 Å². The molecular formula is C20H20F4N4O2S. The van der Waals surface area contributed by atoms with Crippen LogP contribution in [0, 0.1) is 5.82 Å². The van der Waals surface area contributed by atoms with E-state index in [0.29, 0.717) is 11.5 Å². The van der Waals surface area contributed by atoms with Crippen molar-refractivity contribution in [2.24, 2.45) is 15.7 Å². The van der Waals surface area contributed by atoms with Crippen molar-refractivity contribution in [3.8, 4) is 11.1 Å². The number of nitrogens with zero attached hydrogens (tertiary/aromatic N) is 2. The summed E-state index contributed by atoms with van der Waals surface area (Å²) in [7, 11) is -4.58. The van der Waals surface area contributed by atoms with Crippen molar-refractivity contribution in [3.05, 3.63) is 53.8 Å². The average Bonchev–Trinajstić information content (AvgIpc) is 2.67. The lowest BCUT2D eigenvalue weighted by Crippen LogP contribution is -2.54. The molecule has 1 aliphatic rings. The van der Waals surface area contributed by atoms with Gasteiger partial charge >= 0.3 is 6.18 Å². The van der Waals surface area contributed by atoms with Gasteiger partial charge in [-0.25, -0.2) is 12.8 Å². The molecule has 0 radical (unpaired) electrons. The highest BCUT2D eigenvalue weighted by molar-refractivity contribution is 7.89. The highest BCUT2D eigenvalue weighted by atomic mass is 32.2. The van der Waals surface area contributed by atoms with Gasteiger partial charge in [-0.3, -0.25) is 9.98 Å². The number of hydrogen-bond acceptors (Lipinski definition) is 5. The molecule has 0 aromatic heterocycles. The summed E-state index contributed by atoms with van der Waals surface area (Å²) in [4.78, 5) is 7.80. The first-order valence-electron chi connectivity index (χ1n) is 9.14.